The minimum atomic E-state index is -0.439. The number of nitro groups is 1. The molecular weight excluding hydrogens is 272 g/mol. The summed E-state index contributed by atoms with van der Waals surface area (Å²) in [5, 5.41) is 24.0. The van der Waals surface area contributed by atoms with Crippen LogP contribution in [0, 0.1) is 15.5 Å². The molecule has 0 heterocycles. The molecule has 0 saturated carbocycles. The Morgan fingerprint density at radius 1 is 1.33 bits per heavy atom. The number of nitrogens with one attached hydrogen (secondary N) is 1. The number of nitrogens with zero attached hydrogens (tertiary/aromatic N) is 1. The van der Waals surface area contributed by atoms with Gasteiger partial charge in [0.25, 0.3) is 0 Å². The van der Waals surface area contributed by atoms with Crippen molar-refractivity contribution in [3.63, 3.8) is 0 Å². The first kappa shape index (κ1) is 17.2. The van der Waals surface area contributed by atoms with Crippen molar-refractivity contribution in [3.05, 3.63) is 28.3 Å². The van der Waals surface area contributed by atoms with Crippen LogP contribution in [0.3, 0.4) is 0 Å². The smallest absolute Gasteiger partial charge is 0.333 e. The first-order valence-electron chi connectivity index (χ1n) is 7.28. The van der Waals surface area contributed by atoms with Gasteiger partial charge in [0.1, 0.15) is 5.69 Å². The van der Waals surface area contributed by atoms with Crippen LogP contribution in [0.15, 0.2) is 18.2 Å². The van der Waals surface area contributed by atoms with E-state index in [0.29, 0.717) is 18.8 Å². The lowest BCUT2D eigenvalue weighted by atomic mass is 9.83. The SMILES string of the molecule is CCOc1cccc(NCC(CC)(CC)CO)c1[N+](=O)[O-]. The Bertz CT molecular complexity index is 464. The molecule has 1 aromatic rings. The van der Waals surface area contributed by atoms with Gasteiger partial charge in [-0.1, -0.05) is 19.9 Å². The van der Waals surface area contributed by atoms with E-state index in [1.165, 1.54) is 0 Å². The molecular formula is C15H24N2O4. The second kappa shape index (κ2) is 7.83. The molecule has 118 valence electrons. The van der Waals surface area contributed by atoms with Gasteiger partial charge >= 0.3 is 5.69 Å². The van der Waals surface area contributed by atoms with Crippen molar-refractivity contribution in [2.75, 3.05) is 25.1 Å². The summed E-state index contributed by atoms with van der Waals surface area (Å²) in [4.78, 5) is 10.8. The summed E-state index contributed by atoms with van der Waals surface area (Å²) in [5.41, 5.74) is 0.0965. The zero-order chi connectivity index (χ0) is 15.9. The number of aliphatic hydroxyl groups is 1. The van der Waals surface area contributed by atoms with E-state index < -0.39 is 4.92 Å². The zero-order valence-corrected chi connectivity index (χ0v) is 12.9. The molecule has 6 nitrogen and oxygen atoms in total. The molecule has 0 unspecified atom stereocenters. The molecule has 0 bridgehead atoms. The largest absolute Gasteiger partial charge is 0.487 e. The van der Waals surface area contributed by atoms with Crippen molar-refractivity contribution in [2.24, 2.45) is 5.41 Å². The molecule has 0 fully saturated rings. The van der Waals surface area contributed by atoms with E-state index in [-0.39, 0.29) is 23.5 Å². The average molecular weight is 296 g/mol. The number of nitro benzene ring substituents is 1. The summed E-state index contributed by atoms with van der Waals surface area (Å²) < 4.78 is 5.32. The van der Waals surface area contributed by atoms with Crippen molar-refractivity contribution < 1.29 is 14.8 Å². The lowest BCUT2D eigenvalue weighted by Crippen LogP contribution is -2.32. The number of benzene rings is 1. The van der Waals surface area contributed by atoms with Crippen LogP contribution in [0.4, 0.5) is 11.4 Å². The quantitative estimate of drug-likeness (QED) is 0.540. The van der Waals surface area contributed by atoms with Gasteiger partial charge in [-0.25, -0.2) is 0 Å². The number of aliphatic hydroxyl groups excluding tert-OH is 1. The van der Waals surface area contributed by atoms with Crippen LogP contribution in [0.25, 0.3) is 0 Å². The lowest BCUT2D eigenvalue weighted by Gasteiger charge is -2.30. The van der Waals surface area contributed by atoms with Crippen molar-refractivity contribution in [1.29, 1.82) is 0 Å². The Balaban J connectivity index is 3.02. The molecule has 0 saturated heterocycles. The maximum absolute atomic E-state index is 11.3. The highest BCUT2D eigenvalue weighted by molar-refractivity contribution is 5.68. The Hall–Kier alpha value is -1.82. The first-order valence-corrected chi connectivity index (χ1v) is 7.28. The maximum Gasteiger partial charge on any atom is 0.333 e. The number of hydrogen-bond acceptors (Lipinski definition) is 5. The van der Waals surface area contributed by atoms with Crippen LogP contribution in [-0.2, 0) is 0 Å². The molecule has 6 heteroatoms. The molecule has 0 aliphatic heterocycles. The molecule has 21 heavy (non-hydrogen) atoms. The normalized spacial score (nSPS) is 11.2. The van der Waals surface area contributed by atoms with E-state index in [2.05, 4.69) is 5.32 Å². The minimum absolute atomic E-state index is 0.0476. The predicted octanol–water partition coefficient (Wildman–Crippen LogP) is 3.20. The molecule has 0 spiro atoms. The fraction of sp³-hybridized carbons (Fsp3) is 0.600. The second-order valence-electron chi connectivity index (χ2n) is 5.06. The number of hydrogen-bond donors (Lipinski definition) is 2. The van der Waals surface area contributed by atoms with Gasteiger partial charge in [0, 0.05) is 12.0 Å². The summed E-state index contributed by atoms with van der Waals surface area (Å²) >= 11 is 0. The minimum Gasteiger partial charge on any atom is -0.487 e. The monoisotopic (exact) mass is 296 g/mol. The Labute approximate surface area is 125 Å². The maximum atomic E-state index is 11.3. The molecule has 0 aliphatic carbocycles. The summed E-state index contributed by atoms with van der Waals surface area (Å²) in [5.74, 6) is 0.259. The first-order chi connectivity index (χ1) is 10.0. The van der Waals surface area contributed by atoms with Crippen LogP contribution < -0.4 is 10.1 Å². The third-order valence-corrected chi connectivity index (χ3v) is 3.97. The highest BCUT2D eigenvalue weighted by Crippen LogP contribution is 2.36. The molecule has 0 aliphatic rings. The number of para-hydroxylation sites is 1. The second-order valence-corrected chi connectivity index (χ2v) is 5.06. The van der Waals surface area contributed by atoms with Gasteiger partial charge < -0.3 is 15.2 Å². The fourth-order valence-electron chi connectivity index (χ4n) is 2.19. The molecule has 0 atom stereocenters. The summed E-state index contributed by atoms with van der Waals surface area (Å²) in [7, 11) is 0. The van der Waals surface area contributed by atoms with Crippen molar-refractivity contribution in [3.8, 4) is 5.75 Å². The third-order valence-electron chi connectivity index (χ3n) is 3.97. The predicted molar refractivity (Wildman–Crippen MR) is 82.9 cm³/mol. The van der Waals surface area contributed by atoms with E-state index in [1.54, 1.807) is 25.1 Å². The molecule has 1 rings (SSSR count). The van der Waals surface area contributed by atoms with E-state index in [0.717, 1.165) is 12.8 Å². The van der Waals surface area contributed by atoms with Gasteiger partial charge in [-0.3, -0.25) is 10.1 Å². The topological polar surface area (TPSA) is 84.6 Å². The number of ether oxygens (including phenoxy) is 1. The van der Waals surface area contributed by atoms with Crippen LogP contribution >= 0.6 is 0 Å². The number of anilines is 1. The van der Waals surface area contributed by atoms with E-state index >= 15 is 0 Å². The Morgan fingerprint density at radius 3 is 2.48 bits per heavy atom. The van der Waals surface area contributed by atoms with E-state index in [9.17, 15) is 15.2 Å². The van der Waals surface area contributed by atoms with Crippen molar-refractivity contribution >= 4 is 11.4 Å². The van der Waals surface area contributed by atoms with Gasteiger partial charge in [0.15, 0.2) is 5.75 Å². The van der Waals surface area contributed by atoms with Gasteiger partial charge in [-0.2, -0.15) is 0 Å². The van der Waals surface area contributed by atoms with Gasteiger partial charge in [0.2, 0.25) is 0 Å². The van der Waals surface area contributed by atoms with Crippen LogP contribution in [-0.4, -0.2) is 29.8 Å². The fourth-order valence-corrected chi connectivity index (χ4v) is 2.19. The molecule has 0 radical (unpaired) electrons. The Kier molecular flexibility index (Phi) is 6.42. The summed E-state index contributed by atoms with van der Waals surface area (Å²) in [6, 6.07) is 4.97. The molecule has 0 amide bonds. The zero-order valence-electron chi connectivity index (χ0n) is 12.9. The van der Waals surface area contributed by atoms with Crippen LogP contribution in [0.1, 0.15) is 33.6 Å². The third kappa shape index (κ3) is 4.07. The highest BCUT2D eigenvalue weighted by Gasteiger charge is 2.27. The van der Waals surface area contributed by atoms with Gasteiger partial charge in [-0.15, -0.1) is 0 Å². The lowest BCUT2D eigenvalue weighted by molar-refractivity contribution is -0.384. The molecule has 2 N–H and O–H groups in total. The molecule has 1 aromatic carbocycles. The summed E-state index contributed by atoms with van der Waals surface area (Å²) in [6.07, 6.45) is 1.60. The van der Waals surface area contributed by atoms with Crippen molar-refractivity contribution in [1.82, 2.24) is 0 Å². The van der Waals surface area contributed by atoms with Crippen molar-refractivity contribution in [2.45, 2.75) is 33.6 Å². The van der Waals surface area contributed by atoms with E-state index in [4.69, 9.17) is 4.74 Å². The molecule has 0 aromatic heterocycles. The van der Waals surface area contributed by atoms with Crippen LogP contribution in [0.5, 0.6) is 5.75 Å². The van der Waals surface area contributed by atoms with Crippen LogP contribution in [0.2, 0.25) is 0 Å². The summed E-state index contributed by atoms with van der Waals surface area (Å²) in [6.45, 7) is 6.70. The van der Waals surface area contributed by atoms with Gasteiger partial charge in [-0.05, 0) is 31.9 Å². The van der Waals surface area contributed by atoms with Gasteiger partial charge in [0.05, 0.1) is 18.1 Å². The Morgan fingerprint density at radius 2 is 2.00 bits per heavy atom. The average Bonchev–Trinajstić information content (AvgIpc) is 2.49. The van der Waals surface area contributed by atoms with E-state index in [1.807, 2.05) is 13.8 Å². The standard InChI is InChI=1S/C15H24N2O4/c1-4-15(5-2,11-18)10-16-12-8-7-9-13(21-6-3)14(12)17(19)20/h7-9,16,18H,4-6,10-11H2,1-3H3. The highest BCUT2D eigenvalue weighted by atomic mass is 16.6. The number of rotatable bonds is 9.